The van der Waals surface area contributed by atoms with E-state index in [4.69, 9.17) is 14.6 Å². The van der Waals surface area contributed by atoms with Gasteiger partial charge in [0.15, 0.2) is 0 Å². The lowest BCUT2D eigenvalue weighted by atomic mass is 9.95. The van der Waals surface area contributed by atoms with Crippen LogP contribution < -0.4 is 5.32 Å². The molecule has 7 heteroatoms. The summed E-state index contributed by atoms with van der Waals surface area (Å²) in [4.78, 5) is 36.0. The molecule has 0 bridgehead atoms. The molecule has 0 spiro atoms. The van der Waals surface area contributed by atoms with E-state index in [2.05, 4.69) is 12.2 Å². The van der Waals surface area contributed by atoms with E-state index in [0.29, 0.717) is 6.42 Å². The van der Waals surface area contributed by atoms with Gasteiger partial charge < -0.3 is 19.9 Å². The number of carbonyl (C=O) groups is 3. The first-order valence-corrected chi connectivity index (χ1v) is 9.83. The van der Waals surface area contributed by atoms with Crippen molar-refractivity contribution in [1.82, 2.24) is 5.32 Å². The maximum absolute atomic E-state index is 12.7. The Morgan fingerprint density at radius 3 is 2.11 bits per heavy atom. The smallest absolute Gasteiger partial charge is 0.408 e. The zero-order chi connectivity index (χ0) is 21.2. The molecule has 158 valence electrons. The third kappa shape index (κ3) is 10.8. The van der Waals surface area contributed by atoms with Crippen molar-refractivity contribution in [1.29, 1.82) is 0 Å². The van der Waals surface area contributed by atoms with Crippen LogP contribution in [0.2, 0.25) is 0 Å². The van der Waals surface area contributed by atoms with Crippen LogP contribution in [0.4, 0.5) is 4.79 Å². The Kier molecular flexibility index (Phi) is 11.0. The van der Waals surface area contributed by atoms with E-state index in [1.165, 1.54) is 0 Å². The van der Waals surface area contributed by atoms with Gasteiger partial charge in [0.05, 0.1) is 6.42 Å². The van der Waals surface area contributed by atoms with E-state index < -0.39 is 35.8 Å². The standard InChI is InChI=1S/C20H37NO6/c1-8-10-11-14(4)15(12-16(22)23)26-18(24)17(13(3)9-2)21-19(25)27-20(5,6)7/h13-15,17H,8-12H2,1-7H3,(H,21,25)(H,22,23)/t13-,14-,15-,17+/m0/s1. The van der Waals surface area contributed by atoms with Gasteiger partial charge in [0, 0.05) is 0 Å². The molecule has 7 nitrogen and oxygen atoms in total. The largest absolute Gasteiger partial charge is 0.481 e. The van der Waals surface area contributed by atoms with E-state index >= 15 is 0 Å². The van der Waals surface area contributed by atoms with Crippen molar-refractivity contribution in [2.75, 3.05) is 0 Å². The second kappa shape index (κ2) is 11.8. The quantitative estimate of drug-likeness (QED) is 0.517. The number of amides is 1. The first kappa shape index (κ1) is 25.2. The number of carboxylic acids is 1. The van der Waals surface area contributed by atoms with Gasteiger partial charge in [-0.2, -0.15) is 0 Å². The van der Waals surface area contributed by atoms with Crippen LogP contribution in [0.3, 0.4) is 0 Å². The summed E-state index contributed by atoms with van der Waals surface area (Å²) >= 11 is 0. The van der Waals surface area contributed by atoms with Gasteiger partial charge in [-0.15, -0.1) is 0 Å². The summed E-state index contributed by atoms with van der Waals surface area (Å²) in [6.07, 6.45) is 1.65. The number of carbonyl (C=O) groups excluding carboxylic acids is 2. The third-order valence-electron chi connectivity index (χ3n) is 4.43. The van der Waals surface area contributed by atoms with E-state index in [0.717, 1.165) is 19.3 Å². The van der Waals surface area contributed by atoms with E-state index in [1.54, 1.807) is 20.8 Å². The summed E-state index contributed by atoms with van der Waals surface area (Å²) in [7, 11) is 0. The third-order valence-corrected chi connectivity index (χ3v) is 4.43. The van der Waals surface area contributed by atoms with Crippen molar-refractivity contribution >= 4 is 18.0 Å². The van der Waals surface area contributed by atoms with Crippen molar-refractivity contribution in [3.8, 4) is 0 Å². The van der Waals surface area contributed by atoms with E-state index in [-0.39, 0.29) is 18.3 Å². The van der Waals surface area contributed by atoms with Crippen LogP contribution in [0.25, 0.3) is 0 Å². The molecule has 0 unspecified atom stereocenters. The SMILES string of the molecule is CCCC[C@H](C)[C@H](CC(=O)O)OC(=O)[C@H](NC(=O)OC(C)(C)C)[C@@H](C)CC. The Balaban J connectivity index is 5.20. The highest BCUT2D eigenvalue weighted by molar-refractivity contribution is 5.82. The van der Waals surface area contributed by atoms with Gasteiger partial charge in [-0.3, -0.25) is 4.79 Å². The Labute approximate surface area is 163 Å². The summed E-state index contributed by atoms with van der Waals surface area (Å²) in [5.74, 6) is -1.90. The minimum atomic E-state index is -1.02. The number of unbranched alkanes of at least 4 members (excludes halogenated alkanes) is 1. The zero-order valence-corrected chi connectivity index (χ0v) is 17.8. The van der Waals surface area contributed by atoms with Gasteiger partial charge >= 0.3 is 18.0 Å². The molecule has 0 saturated heterocycles. The molecule has 0 aliphatic heterocycles. The molecule has 0 fully saturated rings. The van der Waals surface area contributed by atoms with E-state index in [9.17, 15) is 14.4 Å². The van der Waals surface area contributed by atoms with Crippen LogP contribution >= 0.6 is 0 Å². The highest BCUT2D eigenvalue weighted by Gasteiger charge is 2.33. The number of hydrogen-bond acceptors (Lipinski definition) is 5. The minimum absolute atomic E-state index is 0.0795. The fraction of sp³-hybridized carbons (Fsp3) is 0.850. The summed E-state index contributed by atoms with van der Waals surface area (Å²) in [5.41, 5.74) is -0.686. The molecule has 0 saturated carbocycles. The normalized spacial score (nSPS) is 16.0. The second-order valence-electron chi connectivity index (χ2n) is 8.20. The Hall–Kier alpha value is -1.79. The van der Waals surface area contributed by atoms with Crippen molar-refractivity contribution < 1.29 is 29.0 Å². The minimum Gasteiger partial charge on any atom is -0.481 e. The average molecular weight is 388 g/mol. The molecule has 0 rings (SSSR count). The summed E-state index contributed by atoms with van der Waals surface area (Å²) in [5, 5.41) is 11.7. The van der Waals surface area contributed by atoms with Crippen molar-refractivity contribution in [3.63, 3.8) is 0 Å². The number of rotatable bonds is 11. The molecule has 0 aliphatic carbocycles. The topological polar surface area (TPSA) is 102 Å². The molecule has 2 N–H and O–H groups in total. The number of aliphatic carboxylic acids is 1. The van der Waals surface area contributed by atoms with Gasteiger partial charge in [-0.05, 0) is 39.0 Å². The monoisotopic (exact) mass is 387 g/mol. The Morgan fingerprint density at radius 1 is 1.07 bits per heavy atom. The average Bonchev–Trinajstić information content (AvgIpc) is 2.54. The summed E-state index contributed by atoms with van der Waals surface area (Å²) in [6, 6.07) is -0.889. The van der Waals surface area contributed by atoms with Crippen molar-refractivity contribution in [2.45, 2.75) is 98.3 Å². The highest BCUT2D eigenvalue weighted by Crippen LogP contribution is 2.21. The van der Waals surface area contributed by atoms with Gasteiger partial charge in [0.1, 0.15) is 17.7 Å². The Morgan fingerprint density at radius 2 is 1.67 bits per heavy atom. The highest BCUT2D eigenvalue weighted by atomic mass is 16.6. The van der Waals surface area contributed by atoms with Crippen LogP contribution in [0.5, 0.6) is 0 Å². The predicted octanol–water partition coefficient (Wildman–Crippen LogP) is 4.14. The number of carboxylic acid groups (broad SMARTS) is 1. The molecule has 27 heavy (non-hydrogen) atoms. The van der Waals surface area contributed by atoms with Crippen LogP contribution in [0.15, 0.2) is 0 Å². The molecular weight excluding hydrogens is 350 g/mol. The molecule has 4 atom stereocenters. The first-order valence-electron chi connectivity index (χ1n) is 9.83. The fourth-order valence-corrected chi connectivity index (χ4v) is 2.57. The number of nitrogens with one attached hydrogen (secondary N) is 1. The van der Waals surface area contributed by atoms with Crippen LogP contribution in [-0.2, 0) is 19.1 Å². The van der Waals surface area contributed by atoms with Crippen molar-refractivity contribution in [2.24, 2.45) is 11.8 Å². The molecule has 0 aromatic heterocycles. The molecular formula is C20H37NO6. The zero-order valence-electron chi connectivity index (χ0n) is 17.8. The predicted molar refractivity (Wildman–Crippen MR) is 103 cm³/mol. The lowest BCUT2D eigenvalue weighted by Crippen LogP contribution is -2.49. The molecule has 0 aromatic carbocycles. The number of esters is 1. The fourth-order valence-electron chi connectivity index (χ4n) is 2.57. The maximum Gasteiger partial charge on any atom is 0.408 e. The lowest BCUT2D eigenvalue weighted by Gasteiger charge is -2.29. The second-order valence-corrected chi connectivity index (χ2v) is 8.20. The van der Waals surface area contributed by atoms with Gasteiger partial charge in [0.25, 0.3) is 0 Å². The molecule has 0 aliphatic rings. The molecule has 0 heterocycles. The van der Waals surface area contributed by atoms with Gasteiger partial charge in [-0.1, -0.05) is 47.0 Å². The molecule has 1 amide bonds. The van der Waals surface area contributed by atoms with Crippen molar-refractivity contribution in [3.05, 3.63) is 0 Å². The Bertz CT molecular complexity index is 485. The summed E-state index contributed by atoms with van der Waals surface area (Å²) < 4.78 is 10.8. The van der Waals surface area contributed by atoms with Gasteiger partial charge in [0.2, 0.25) is 0 Å². The molecule has 0 aromatic rings. The molecule has 0 radical (unpaired) electrons. The lowest BCUT2D eigenvalue weighted by molar-refractivity contribution is -0.159. The van der Waals surface area contributed by atoms with E-state index in [1.807, 2.05) is 20.8 Å². The van der Waals surface area contributed by atoms with Gasteiger partial charge in [-0.25, -0.2) is 9.59 Å². The first-order chi connectivity index (χ1) is 12.4. The maximum atomic E-state index is 12.7. The summed E-state index contributed by atoms with van der Waals surface area (Å²) in [6.45, 7) is 12.9. The van der Waals surface area contributed by atoms with Crippen LogP contribution in [-0.4, -0.2) is 40.9 Å². The van der Waals surface area contributed by atoms with Crippen LogP contribution in [0, 0.1) is 11.8 Å². The number of alkyl carbamates (subject to hydrolysis) is 1. The number of ether oxygens (including phenoxy) is 2. The number of hydrogen-bond donors (Lipinski definition) is 2. The van der Waals surface area contributed by atoms with Crippen LogP contribution in [0.1, 0.15) is 80.6 Å².